The summed E-state index contributed by atoms with van der Waals surface area (Å²) in [6.45, 7) is 0.637. The van der Waals surface area contributed by atoms with E-state index in [2.05, 4.69) is 11.5 Å². The number of rotatable bonds is 6. The highest BCUT2D eigenvalue weighted by molar-refractivity contribution is 5.94. The van der Waals surface area contributed by atoms with Crippen LogP contribution in [0.15, 0.2) is 24.4 Å². The van der Waals surface area contributed by atoms with Crippen molar-refractivity contribution in [2.24, 2.45) is 12.8 Å². The van der Waals surface area contributed by atoms with Crippen LogP contribution in [0, 0.1) is 0 Å². The van der Waals surface area contributed by atoms with E-state index in [1.54, 1.807) is 25.3 Å². The minimum absolute atomic E-state index is 0.449. The number of methoxy groups -OCH3 is 1. The van der Waals surface area contributed by atoms with Gasteiger partial charge in [-0.25, -0.2) is 0 Å². The smallest absolute Gasteiger partial charge is 0.248 e. The highest BCUT2D eigenvalue weighted by Gasteiger charge is 2.21. The maximum Gasteiger partial charge on any atom is 0.248 e. The molecule has 1 aliphatic carbocycles. The molecule has 3 rings (SSSR count). The van der Waals surface area contributed by atoms with Crippen molar-refractivity contribution in [3.8, 4) is 5.75 Å². The van der Waals surface area contributed by atoms with E-state index in [-0.39, 0.29) is 0 Å². The first-order valence-corrected chi connectivity index (χ1v) is 8.82. The Kier molecular flexibility index (Phi) is 5.26. The molecule has 2 aromatic rings. The number of aromatic nitrogens is 2. The van der Waals surface area contributed by atoms with Gasteiger partial charge in [0.1, 0.15) is 5.75 Å². The van der Waals surface area contributed by atoms with Crippen molar-refractivity contribution < 1.29 is 9.53 Å². The van der Waals surface area contributed by atoms with Gasteiger partial charge in [0.2, 0.25) is 5.91 Å². The third-order valence-electron chi connectivity index (χ3n) is 4.88. The first-order valence-electron chi connectivity index (χ1n) is 8.82. The third kappa shape index (κ3) is 3.95. The average molecular weight is 342 g/mol. The number of benzene rings is 1. The van der Waals surface area contributed by atoms with Gasteiger partial charge in [-0.15, -0.1) is 0 Å². The van der Waals surface area contributed by atoms with Crippen molar-refractivity contribution in [2.45, 2.75) is 44.6 Å². The molecule has 0 atom stereocenters. The third-order valence-corrected chi connectivity index (χ3v) is 4.88. The molecule has 1 aliphatic rings. The summed E-state index contributed by atoms with van der Waals surface area (Å²) in [6, 6.07) is 5.16. The van der Waals surface area contributed by atoms with Crippen LogP contribution in [-0.4, -0.2) is 22.8 Å². The standard InChI is InChI=1S/C19H26N4O2/c1-23-12-15(18(22-23)13-6-4-3-5-7-13)11-21-16-10-14(19(20)24)8-9-17(16)25-2/h8-10,12-13,21H,3-7,11H2,1-2H3,(H2,20,24). The summed E-state index contributed by atoms with van der Waals surface area (Å²) in [5.74, 6) is 0.786. The Balaban J connectivity index is 1.79. The molecule has 0 bridgehead atoms. The molecule has 6 heteroatoms. The molecule has 1 aromatic carbocycles. The molecule has 0 unspecified atom stereocenters. The minimum atomic E-state index is -0.449. The van der Waals surface area contributed by atoms with Gasteiger partial charge in [0, 0.05) is 36.8 Å². The molecule has 134 valence electrons. The van der Waals surface area contributed by atoms with Gasteiger partial charge in [0.05, 0.1) is 18.5 Å². The van der Waals surface area contributed by atoms with Gasteiger partial charge in [0.25, 0.3) is 0 Å². The topological polar surface area (TPSA) is 82.2 Å². The zero-order chi connectivity index (χ0) is 17.8. The second-order valence-corrected chi connectivity index (χ2v) is 6.68. The number of ether oxygens (including phenoxy) is 1. The monoisotopic (exact) mass is 342 g/mol. The van der Waals surface area contributed by atoms with Crippen molar-refractivity contribution in [3.63, 3.8) is 0 Å². The molecular formula is C19H26N4O2. The van der Waals surface area contributed by atoms with E-state index in [0.29, 0.717) is 23.8 Å². The summed E-state index contributed by atoms with van der Waals surface area (Å²) in [5, 5.41) is 8.09. The highest BCUT2D eigenvalue weighted by Crippen LogP contribution is 2.34. The second-order valence-electron chi connectivity index (χ2n) is 6.68. The zero-order valence-electron chi connectivity index (χ0n) is 14.9. The summed E-state index contributed by atoms with van der Waals surface area (Å²) in [7, 11) is 3.58. The second kappa shape index (κ2) is 7.59. The molecule has 1 heterocycles. The van der Waals surface area contributed by atoms with Crippen LogP contribution in [0.2, 0.25) is 0 Å². The Morgan fingerprint density at radius 3 is 2.80 bits per heavy atom. The van der Waals surface area contributed by atoms with Gasteiger partial charge < -0.3 is 15.8 Å². The van der Waals surface area contributed by atoms with Crippen molar-refractivity contribution in [1.29, 1.82) is 0 Å². The van der Waals surface area contributed by atoms with Crippen molar-refractivity contribution in [2.75, 3.05) is 12.4 Å². The lowest BCUT2D eigenvalue weighted by molar-refractivity contribution is 0.100. The minimum Gasteiger partial charge on any atom is -0.495 e. The summed E-state index contributed by atoms with van der Waals surface area (Å²) in [4.78, 5) is 11.4. The van der Waals surface area contributed by atoms with Crippen molar-refractivity contribution >= 4 is 11.6 Å². The molecular weight excluding hydrogens is 316 g/mol. The molecule has 6 nitrogen and oxygen atoms in total. The van der Waals surface area contributed by atoms with Gasteiger partial charge in [-0.05, 0) is 31.0 Å². The maximum atomic E-state index is 11.4. The Morgan fingerprint density at radius 2 is 2.12 bits per heavy atom. The quantitative estimate of drug-likeness (QED) is 0.844. The number of carbonyl (C=O) groups excluding carboxylic acids is 1. The normalized spacial score (nSPS) is 15.1. The number of hydrogen-bond donors (Lipinski definition) is 2. The van der Waals surface area contributed by atoms with E-state index < -0.39 is 5.91 Å². The molecule has 1 amide bonds. The van der Waals surface area contributed by atoms with Crippen LogP contribution in [0.4, 0.5) is 5.69 Å². The molecule has 1 aromatic heterocycles. The molecule has 1 saturated carbocycles. The number of nitrogens with two attached hydrogens (primary N) is 1. The highest BCUT2D eigenvalue weighted by atomic mass is 16.5. The number of nitrogens with one attached hydrogen (secondary N) is 1. The van der Waals surface area contributed by atoms with Crippen LogP contribution in [-0.2, 0) is 13.6 Å². The number of aryl methyl sites for hydroxylation is 1. The van der Waals surface area contributed by atoms with Crippen LogP contribution in [0.25, 0.3) is 0 Å². The lowest BCUT2D eigenvalue weighted by atomic mass is 9.85. The predicted octanol–water partition coefficient (Wildman–Crippen LogP) is 3.19. The number of amides is 1. The van der Waals surface area contributed by atoms with Gasteiger partial charge in [0.15, 0.2) is 0 Å². The van der Waals surface area contributed by atoms with Crippen molar-refractivity contribution in [3.05, 3.63) is 41.2 Å². The van der Waals surface area contributed by atoms with Crippen molar-refractivity contribution in [1.82, 2.24) is 9.78 Å². The molecule has 25 heavy (non-hydrogen) atoms. The average Bonchev–Trinajstić information content (AvgIpc) is 3.01. The Labute approximate surface area is 148 Å². The number of carbonyl (C=O) groups is 1. The SMILES string of the molecule is COc1ccc(C(N)=O)cc1NCc1cn(C)nc1C1CCCCC1. The molecule has 0 saturated heterocycles. The van der Waals surface area contributed by atoms with Crippen LogP contribution >= 0.6 is 0 Å². The number of hydrogen-bond acceptors (Lipinski definition) is 4. The molecule has 0 aliphatic heterocycles. The maximum absolute atomic E-state index is 11.4. The summed E-state index contributed by atoms with van der Waals surface area (Å²) < 4.78 is 7.27. The van der Waals surface area contributed by atoms with Gasteiger partial charge in [-0.2, -0.15) is 5.10 Å². The first kappa shape index (κ1) is 17.3. The number of nitrogens with zero attached hydrogens (tertiary/aromatic N) is 2. The lowest BCUT2D eigenvalue weighted by Gasteiger charge is -2.21. The Morgan fingerprint density at radius 1 is 1.36 bits per heavy atom. The number of primary amides is 1. The summed E-state index contributed by atoms with van der Waals surface area (Å²) in [6.07, 6.45) is 8.38. The zero-order valence-corrected chi connectivity index (χ0v) is 14.9. The van der Waals surface area contributed by atoms with Crippen LogP contribution in [0.1, 0.15) is 59.6 Å². The Hall–Kier alpha value is -2.50. The Bertz CT molecular complexity index is 748. The van der Waals surface area contributed by atoms with E-state index in [1.165, 1.54) is 43.4 Å². The lowest BCUT2D eigenvalue weighted by Crippen LogP contribution is -2.12. The van der Waals surface area contributed by atoms with Gasteiger partial charge in [-0.3, -0.25) is 9.48 Å². The molecule has 0 radical (unpaired) electrons. The van der Waals surface area contributed by atoms with Crippen LogP contribution in [0.5, 0.6) is 5.75 Å². The predicted molar refractivity (Wildman–Crippen MR) is 97.9 cm³/mol. The number of anilines is 1. The van der Waals surface area contributed by atoms with Crippen LogP contribution < -0.4 is 15.8 Å². The molecule has 1 fully saturated rings. The fourth-order valence-corrected chi connectivity index (χ4v) is 3.60. The van der Waals surface area contributed by atoms with E-state index in [4.69, 9.17) is 15.6 Å². The van der Waals surface area contributed by atoms with Gasteiger partial charge in [-0.1, -0.05) is 19.3 Å². The summed E-state index contributed by atoms with van der Waals surface area (Å²) >= 11 is 0. The molecule has 0 spiro atoms. The fraction of sp³-hybridized carbons (Fsp3) is 0.474. The van der Waals surface area contributed by atoms with E-state index in [9.17, 15) is 4.79 Å². The van der Waals surface area contributed by atoms with E-state index >= 15 is 0 Å². The summed E-state index contributed by atoms with van der Waals surface area (Å²) in [5.41, 5.74) is 9.00. The first-order chi connectivity index (χ1) is 12.1. The van der Waals surface area contributed by atoms with Crippen LogP contribution in [0.3, 0.4) is 0 Å². The van der Waals surface area contributed by atoms with E-state index in [1.807, 2.05) is 11.7 Å². The largest absolute Gasteiger partial charge is 0.495 e. The van der Waals surface area contributed by atoms with E-state index in [0.717, 1.165) is 5.69 Å². The fourth-order valence-electron chi connectivity index (χ4n) is 3.60. The molecule has 3 N–H and O–H groups in total. The van der Waals surface area contributed by atoms with Gasteiger partial charge >= 0.3 is 0 Å².